The van der Waals surface area contributed by atoms with Crippen LogP contribution in [0.4, 0.5) is 0 Å². The highest BCUT2D eigenvalue weighted by Crippen LogP contribution is 2.35. The van der Waals surface area contributed by atoms with Crippen molar-refractivity contribution in [2.24, 2.45) is 5.92 Å². The number of carbonyl (C=O) groups is 1. The van der Waals surface area contributed by atoms with Crippen LogP contribution >= 0.6 is 0 Å². The van der Waals surface area contributed by atoms with E-state index < -0.39 is 24.3 Å². The van der Waals surface area contributed by atoms with Gasteiger partial charge in [0.15, 0.2) is 0 Å². The summed E-state index contributed by atoms with van der Waals surface area (Å²) in [5.41, 5.74) is 2.23. The van der Waals surface area contributed by atoms with E-state index in [1.54, 1.807) is 12.2 Å². The number of cyclic esters (lactones) is 1. The molecule has 7 heteroatoms. The molecule has 0 aromatic heterocycles. The van der Waals surface area contributed by atoms with Gasteiger partial charge in [-0.25, -0.2) is 4.79 Å². The maximum atomic E-state index is 12.6. The number of ether oxygens (including phenoxy) is 4. The van der Waals surface area contributed by atoms with Crippen molar-refractivity contribution in [3.8, 4) is 0 Å². The molecule has 4 aliphatic rings. The topological polar surface area (TPSA) is 97.8 Å². The lowest BCUT2D eigenvalue weighted by Crippen LogP contribution is -2.32. The zero-order chi connectivity index (χ0) is 26.4. The van der Waals surface area contributed by atoms with Crippen LogP contribution in [0.3, 0.4) is 0 Å². The number of rotatable bonds is 3. The number of hydrogen-bond donors (Lipinski definition) is 2. The lowest BCUT2D eigenvalue weighted by atomic mass is 9.91. The van der Waals surface area contributed by atoms with Crippen LogP contribution in [0.2, 0.25) is 0 Å². The molecule has 4 heterocycles. The highest BCUT2D eigenvalue weighted by atomic mass is 16.6. The van der Waals surface area contributed by atoms with Crippen molar-refractivity contribution in [2.75, 3.05) is 6.61 Å². The quantitative estimate of drug-likeness (QED) is 0.332. The van der Waals surface area contributed by atoms with Crippen molar-refractivity contribution < 1.29 is 34.0 Å². The third-order valence-electron chi connectivity index (χ3n) is 7.44. The average Bonchev–Trinajstić information content (AvgIpc) is 3.61. The summed E-state index contributed by atoms with van der Waals surface area (Å²) in [6.45, 7) is 8.98. The first-order valence-electron chi connectivity index (χ1n) is 13.6. The van der Waals surface area contributed by atoms with Gasteiger partial charge in [0.2, 0.25) is 0 Å². The molecule has 9 atom stereocenters. The normalized spacial score (nSPS) is 38.8. The van der Waals surface area contributed by atoms with Gasteiger partial charge in [-0.1, -0.05) is 61.1 Å². The molecule has 1 fully saturated rings. The van der Waals surface area contributed by atoms with Crippen molar-refractivity contribution in [1.82, 2.24) is 0 Å². The Bertz CT molecular complexity index is 919. The lowest BCUT2D eigenvalue weighted by Gasteiger charge is -2.28. The van der Waals surface area contributed by atoms with Crippen LogP contribution in [0.15, 0.2) is 60.3 Å². The highest BCUT2D eigenvalue weighted by Gasteiger charge is 2.46. The van der Waals surface area contributed by atoms with Gasteiger partial charge in [-0.3, -0.25) is 0 Å². The maximum absolute atomic E-state index is 12.6. The molecule has 0 unspecified atom stereocenters. The van der Waals surface area contributed by atoms with Gasteiger partial charge in [0, 0.05) is 12.5 Å². The largest absolute Gasteiger partial charge is 0.456 e. The first-order chi connectivity index (χ1) is 17.8. The highest BCUT2D eigenvalue weighted by molar-refractivity contribution is 5.82. The smallest absolute Gasteiger partial charge is 0.330 e. The van der Waals surface area contributed by atoms with Crippen molar-refractivity contribution in [1.29, 1.82) is 0 Å². The minimum absolute atomic E-state index is 0.0863. The molecule has 37 heavy (non-hydrogen) atoms. The number of aliphatic hydroxyl groups excluding tert-OH is 2. The zero-order valence-corrected chi connectivity index (χ0v) is 22.0. The molecule has 0 aromatic rings. The van der Waals surface area contributed by atoms with E-state index >= 15 is 0 Å². The Kier molecular flexibility index (Phi) is 9.96. The molecule has 204 valence electrons. The predicted molar refractivity (Wildman–Crippen MR) is 141 cm³/mol. The molecule has 4 aliphatic heterocycles. The molecule has 1 saturated heterocycles. The molecular formula is C30H42O7. The number of aliphatic hydroxyl groups is 2. The second kappa shape index (κ2) is 13.2. The van der Waals surface area contributed by atoms with Crippen molar-refractivity contribution in [3.63, 3.8) is 0 Å². The zero-order valence-electron chi connectivity index (χ0n) is 22.0. The van der Waals surface area contributed by atoms with Crippen LogP contribution < -0.4 is 0 Å². The van der Waals surface area contributed by atoms with Crippen LogP contribution in [-0.4, -0.2) is 71.6 Å². The van der Waals surface area contributed by atoms with E-state index in [4.69, 9.17) is 18.9 Å². The Labute approximate surface area is 220 Å². The van der Waals surface area contributed by atoms with Gasteiger partial charge in [-0.2, -0.15) is 0 Å². The number of epoxide rings is 1. The second-order valence-corrected chi connectivity index (χ2v) is 11.0. The summed E-state index contributed by atoms with van der Waals surface area (Å²) in [6.07, 6.45) is 14.3. The molecule has 2 bridgehead atoms. The van der Waals surface area contributed by atoms with Gasteiger partial charge in [0.05, 0.1) is 37.1 Å². The standard InChI is InChI=1S/C30H42O7/c1-19-12-13-34-23(15-19)10-11-25(31)27-18-28-30(37-28)26(32)17-21(3)14-20(2)16-24-8-4-6-22(35-24)7-5-9-29(33)36-27/h4-6,9-12,20,22-28,30-32H,3,7-8,13-18H2,1-2H3/t20-,22-,23+,24-,25-,26-,27-,28-,30-/m0/s1. The summed E-state index contributed by atoms with van der Waals surface area (Å²) in [6, 6.07) is 0. The Morgan fingerprint density at radius 1 is 1.14 bits per heavy atom. The average molecular weight is 515 g/mol. The van der Waals surface area contributed by atoms with Crippen molar-refractivity contribution in [2.45, 2.75) is 108 Å². The first kappa shape index (κ1) is 28.0. The minimum Gasteiger partial charge on any atom is -0.456 e. The summed E-state index contributed by atoms with van der Waals surface area (Å²) >= 11 is 0. The van der Waals surface area contributed by atoms with E-state index in [1.165, 1.54) is 11.6 Å². The maximum Gasteiger partial charge on any atom is 0.330 e. The van der Waals surface area contributed by atoms with Crippen molar-refractivity contribution in [3.05, 3.63) is 60.3 Å². The van der Waals surface area contributed by atoms with Gasteiger partial charge in [0.25, 0.3) is 0 Å². The van der Waals surface area contributed by atoms with Gasteiger partial charge >= 0.3 is 5.97 Å². The second-order valence-electron chi connectivity index (χ2n) is 11.0. The fourth-order valence-electron chi connectivity index (χ4n) is 5.45. The molecule has 7 nitrogen and oxygen atoms in total. The van der Waals surface area contributed by atoms with E-state index in [9.17, 15) is 15.0 Å². The summed E-state index contributed by atoms with van der Waals surface area (Å²) in [5.74, 6) is -0.141. The van der Waals surface area contributed by atoms with E-state index in [0.717, 1.165) is 31.3 Å². The van der Waals surface area contributed by atoms with E-state index in [0.29, 0.717) is 25.4 Å². The molecule has 0 spiro atoms. The number of hydrogen-bond acceptors (Lipinski definition) is 7. The van der Waals surface area contributed by atoms with E-state index in [2.05, 4.69) is 26.5 Å². The van der Waals surface area contributed by atoms with Crippen LogP contribution in [0, 0.1) is 5.92 Å². The third-order valence-corrected chi connectivity index (χ3v) is 7.44. The molecule has 0 saturated carbocycles. The Morgan fingerprint density at radius 3 is 2.78 bits per heavy atom. The number of fused-ring (bicyclic) bond motifs is 3. The SMILES string of the molecule is C=C1C[C@H](C)C[C@@H]2CC=C[C@@H](CC=CC(=O)O[C@H]([C@@H](O)C=C[C@@H]3CC(C)=CCO3)C[C@@H]3O[C@H]3[C@@H](O)C1)O2. The van der Waals surface area contributed by atoms with Crippen LogP contribution in [-0.2, 0) is 23.7 Å². The van der Waals surface area contributed by atoms with Gasteiger partial charge in [-0.15, -0.1) is 0 Å². The molecule has 0 radical (unpaired) electrons. The van der Waals surface area contributed by atoms with E-state index in [1.807, 2.05) is 18.2 Å². The fourth-order valence-corrected chi connectivity index (χ4v) is 5.45. The molecule has 0 aromatic carbocycles. The van der Waals surface area contributed by atoms with Crippen LogP contribution in [0.1, 0.15) is 58.8 Å². The Hall–Kier alpha value is -2.03. The molecule has 4 rings (SSSR count). The fraction of sp³-hybridized carbons (Fsp3) is 0.633. The summed E-state index contributed by atoms with van der Waals surface area (Å²) in [5, 5.41) is 21.7. The summed E-state index contributed by atoms with van der Waals surface area (Å²) < 4.78 is 23.4. The predicted octanol–water partition coefficient (Wildman–Crippen LogP) is 4.11. The van der Waals surface area contributed by atoms with E-state index in [-0.39, 0.29) is 36.9 Å². The van der Waals surface area contributed by atoms with Gasteiger partial charge in [-0.05, 0) is 51.4 Å². The monoisotopic (exact) mass is 514 g/mol. The minimum atomic E-state index is -1.03. The molecule has 0 amide bonds. The molecule has 0 aliphatic carbocycles. The first-order valence-corrected chi connectivity index (χ1v) is 13.6. The van der Waals surface area contributed by atoms with Gasteiger partial charge in [0.1, 0.15) is 18.3 Å². The van der Waals surface area contributed by atoms with Crippen LogP contribution in [0.25, 0.3) is 0 Å². The van der Waals surface area contributed by atoms with Gasteiger partial charge < -0.3 is 29.2 Å². The van der Waals surface area contributed by atoms with Crippen molar-refractivity contribution >= 4 is 5.97 Å². The summed E-state index contributed by atoms with van der Waals surface area (Å²) in [7, 11) is 0. The van der Waals surface area contributed by atoms with Crippen LogP contribution in [0.5, 0.6) is 0 Å². The third kappa shape index (κ3) is 8.76. The lowest BCUT2D eigenvalue weighted by molar-refractivity contribution is -0.148. The molecular weight excluding hydrogens is 472 g/mol. The number of carbonyl (C=O) groups excluding carboxylic acids is 1. The Balaban J connectivity index is 1.44. The number of esters is 1. The Morgan fingerprint density at radius 2 is 1.97 bits per heavy atom. The summed E-state index contributed by atoms with van der Waals surface area (Å²) in [4.78, 5) is 12.6. The molecule has 2 N–H and O–H groups in total.